The lowest BCUT2D eigenvalue weighted by molar-refractivity contribution is 0.333. The van der Waals surface area contributed by atoms with Gasteiger partial charge >= 0.3 is 0 Å². The molecule has 24 heavy (non-hydrogen) atoms. The first-order chi connectivity index (χ1) is 11.8. The van der Waals surface area contributed by atoms with Crippen LogP contribution in [-0.2, 0) is 0 Å². The Morgan fingerprint density at radius 3 is 2.62 bits per heavy atom. The van der Waals surface area contributed by atoms with Gasteiger partial charge in [-0.1, -0.05) is 18.2 Å². The average molecular weight is 323 g/mol. The van der Waals surface area contributed by atoms with Crippen LogP contribution in [0.4, 0.5) is 23.4 Å². The first kappa shape index (κ1) is 15.5. The van der Waals surface area contributed by atoms with Crippen LogP contribution in [-0.4, -0.2) is 33.1 Å². The van der Waals surface area contributed by atoms with Crippen LogP contribution in [0, 0.1) is 0 Å². The highest BCUT2D eigenvalue weighted by Crippen LogP contribution is 2.16. The molecular formula is C16H17N7O. The number of hydrogen-bond donors (Lipinski definition) is 3. The Hall–Kier alpha value is -3.42. The molecule has 0 aliphatic carbocycles. The van der Waals surface area contributed by atoms with Gasteiger partial charge in [-0.05, 0) is 12.1 Å². The van der Waals surface area contributed by atoms with Crippen LogP contribution < -0.4 is 21.1 Å². The van der Waals surface area contributed by atoms with E-state index in [4.69, 9.17) is 10.5 Å². The third-order valence-corrected chi connectivity index (χ3v) is 2.98. The summed E-state index contributed by atoms with van der Waals surface area (Å²) in [6.07, 6.45) is 4.78. The topological polar surface area (TPSA) is 111 Å². The van der Waals surface area contributed by atoms with Crippen molar-refractivity contribution in [3.8, 4) is 5.75 Å². The van der Waals surface area contributed by atoms with E-state index in [2.05, 4.69) is 30.6 Å². The van der Waals surface area contributed by atoms with Crippen molar-refractivity contribution in [1.29, 1.82) is 0 Å². The molecule has 1 aromatic carbocycles. The summed E-state index contributed by atoms with van der Waals surface area (Å²) in [5.41, 5.74) is 5.74. The number of aromatic nitrogens is 4. The van der Waals surface area contributed by atoms with Gasteiger partial charge in [0.2, 0.25) is 5.95 Å². The molecule has 0 saturated heterocycles. The monoisotopic (exact) mass is 323 g/mol. The number of benzene rings is 1. The number of nitrogen functional groups attached to an aromatic ring is 1. The smallest absolute Gasteiger partial charge is 0.223 e. The summed E-state index contributed by atoms with van der Waals surface area (Å²) in [5, 5.41) is 6.18. The Kier molecular flexibility index (Phi) is 4.98. The second kappa shape index (κ2) is 7.73. The van der Waals surface area contributed by atoms with E-state index < -0.39 is 0 Å². The summed E-state index contributed by atoms with van der Waals surface area (Å²) in [4.78, 5) is 16.4. The molecule has 0 atom stereocenters. The second-order valence-corrected chi connectivity index (χ2v) is 4.80. The van der Waals surface area contributed by atoms with Crippen LogP contribution in [0.2, 0.25) is 0 Å². The lowest BCUT2D eigenvalue weighted by Crippen LogP contribution is -2.13. The molecule has 0 unspecified atom stereocenters. The largest absolute Gasteiger partial charge is 0.492 e. The molecule has 0 radical (unpaired) electrons. The Morgan fingerprint density at radius 1 is 1.00 bits per heavy atom. The number of para-hydroxylation sites is 1. The van der Waals surface area contributed by atoms with E-state index in [1.807, 2.05) is 30.3 Å². The van der Waals surface area contributed by atoms with Gasteiger partial charge in [0.05, 0.1) is 12.7 Å². The zero-order valence-corrected chi connectivity index (χ0v) is 12.9. The SMILES string of the molecule is Nc1nc(NCCOc2ccccc2)cc(Nc2cnccn2)n1. The number of hydrogen-bond acceptors (Lipinski definition) is 8. The number of nitrogens with two attached hydrogens (primary N) is 1. The van der Waals surface area contributed by atoms with E-state index >= 15 is 0 Å². The van der Waals surface area contributed by atoms with Gasteiger partial charge in [-0.2, -0.15) is 9.97 Å². The van der Waals surface area contributed by atoms with Gasteiger partial charge in [0, 0.05) is 18.5 Å². The van der Waals surface area contributed by atoms with Crippen LogP contribution in [0.5, 0.6) is 5.75 Å². The van der Waals surface area contributed by atoms with Crippen LogP contribution >= 0.6 is 0 Å². The predicted octanol–water partition coefficient (Wildman–Crippen LogP) is 2.08. The van der Waals surface area contributed by atoms with Crippen molar-refractivity contribution >= 4 is 23.4 Å². The zero-order valence-electron chi connectivity index (χ0n) is 12.9. The Bertz CT molecular complexity index is 768. The molecule has 4 N–H and O–H groups in total. The highest BCUT2D eigenvalue weighted by molar-refractivity contribution is 5.57. The highest BCUT2D eigenvalue weighted by atomic mass is 16.5. The van der Waals surface area contributed by atoms with Crippen molar-refractivity contribution in [3.05, 3.63) is 55.0 Å². The van der Waals surface area contributed by atoms with Gasteiger partial charge in [0.25, 0.3) is 0 Å². The first-order valence-electron chi connectivity index (χ1n) is 7.39. The van der Waals surface area contributed by atoms with E-state index in [1.165, 1.54) is 0 Å². The standard InChI is InChI=1S/C16H17N7O/c17-16-22-13(20-8-9-24-12-4-2-1-3-5-12)10-14(23-16)21-15-11-18-6-7-19-15/h1-7,10-11H,8-9H2,(H4,17,19,20,21,22,23). The van der Waals surface area contributed by atoms with Gasteiger partial charge < -0.3 is 21.1 Å². The van der Waals surface area contributed by atoms with Gasteiger partial charge in [-0.15, -0.1) is 0 Å². The van der Waals surface area contributed by atoms with E-state index in [0.29, 0.717) is 30.6 Å². The molecule has 8 nitrogen and oxygen atoms in total. The van der Waals surface area contributed by atoms with Crippen LogP contribution in [0.3, 0.4) is 0 Å². The third kappa shape index (κ3) is 4.54. The van der Waals surface area contributed by atoms with Gasteiger partial charge in [-0.25, -0.2) is 4.98 Å². The number of rotatable bonds is 7. The predicted molar refractivity (Wildman–Crippen MR) is 92.2 cm³/mol. The van der Waals surface area contributed by atoms with Crippen molar-refractivity contribution in [2.75, 3.05) is 29.5 Å². The summed E-state index contributed by atoms with van der Waals surface area (Å²) < 4.78 is 5.61. The van der Waals surface area contributed by atoms with Crippen LogP contribution in [0.15, 0.2) is 55.0 Å². The molecule has 0 aliphatic rings. The average Bonchev–Trinajstić information content (AvgIpc) is 2.60. The minimum atomic E-state index is 0.162. The molecule has 8 heteroatoms. The number of nitrogens with one attached hydrogen (secondary N) is 2. The lowest BCUT2D eigenvalue weighted by Gasteiger charge is -2.10. The molecule has 3 rings (SSSR count). The van der Waals surface area contributed by atoms with Crippen molar-refractivity contribution < 1.29 is 4.74 Å². The van der Waals surface area contributed by atoms with E-state index in [-0.39, 0.29) is 5.95 Å². The number of anilines is 4. The summed E-state index contributed by atoms with van der Waals surface area (Å²) in [7, 11) is 0. The fourth-order valence-electron chi connectivity index (χ4n) is 1.98. The van der Waals surface area contributed by atoms with Crippen molar-refractivity contribution in [1.82, 2.24) is 19.9 Å². The molecule has 0 fully saturated rings. The normalized spacial score (nSPS) is 10.2. The molecule has 0 spiro atoms. The summed E-state index contributed by atoms with van der Waals surface area (Å²) in [5.74, 6) is 2.70. The molecule has 0 saturated carbocycles. The molecule has 2 aromatic heterocycles. The minimum absolute atomic E-state index is 0.162. The Morgan fingerprint density at radius 2 is 1.83 bits per heavy atom. The molecule has 122 valence electrons. The van der Waals surface area contributed by atoms with E-state index in [1.54, 1.807) is 24.7 Å². The van der Waals surface area contributed by atoms with Crippen molar-refractivity contribution in [3.63, 3.8) is 0 Å². The first-order valence-corrected chi connectivity index (χ1v) is 7.39. The molecule has 3 aromatic rings. The fraction of sp³-hybridized carbons (Fsp3) is 0.125. The maximum absolute atomic E-state index is 5.74. The lowest BCUT2D eigenvalue weighted by atomic mass is 10.3. The highest BCUT2D eigenvalue weighted by Gasteiger charge is 2.03. The van der Waals surface area contributed by atoms with Crippen molar-refractivity contribution in [2.24, 2.45) is 0 Å². The summed E-state index contributed by atoms with van der Waals surface area (Å²) in [6, 6.07) is 11.4. The number of ether oxygens (including phenoxy) is 1. The molecule has 2 heterocycles. The third-order valence-electron chi connectivity index (χ3n) is 2.98. The van der Waals surface area contributed by atoms with Gasteiger partial charge in [0.15, 0.2) is 0 Å². The van der Waals surface area contributed by atoms with E-state index in [0.717, 1.165) is 5.75 Å². The maximum Gasteiger partial charge on any atom is 0.223 e. The summed E-state index contributed by atoms with van der Waals surface area (Å²) >= 11 is 0. The summed E-state index contributed by atoms with van der Waals surface area (Å²) in [6.45, 7) is 1.08. The minimum Gasteiger partial charge on any atom is -0.492 e. The van der Waals surface area contributed by atoms with Gasteiger partial charge in [-0.3, -0.25) is 4.98 Å². The Labute approximate surface area is 139 Å². The quantitative estimate of drug-likeness (QED) is 0.567. The number of nitrogens with zero attached hydrogens (tertiary/aromatic N) is 4. The molecule has 0 amide bonds. The van der Waals surface area contributed by atoms with Crippen LogP contribution in [0.1, 0.15) is 0 Å². The Balaban J connectivity index is 1.55. The van der Waals surface area contributed by atoms with Crippen LogP contribution in [0.25, 0.3) is 0 Å². The molecule has 0 bridgehead atoms. The van der Waals surface area contributed by atoms with Gasteiger partial charge in [0.1, 0.15) is 29.8 Å². The second-order valence-electron chi connectivity index (χ2n) is 4.80. The zero-order chi connectivity index (χ0) is 16.6. The maximum atomic E-state index is 5.74. The van der Waals surface area contributed by atoms with E-state index in [9.17, 15) is 0 Å². The molecular weight excluding hydrogens is 306 g/mol. The fourth-order valence-corrected chi connectivity index (χ4v) is 1.98. The van der Waals surface area contributed by atoms with Crippen molar-refractivity contribution in [2.45, 2.75) is 0 Å². The molecule has 0 aliphatic heterocycles.